The van der Waals surface area contributed by atoms with E-state index in [1.807, 2.05) is 6.07 Å². The second-order valence-electron chi connectivity index (χ2n) is 3.35. The van der Waals surface area contributed by atoms with Crippen molar-refractivity contribution in [2.75, 3.05) is 11.9 Å². The molecule has 0 fully saturated rings. The van der Waals surface area contributed by atoms with Crippen molar-refractivity contribution in [3.8, 4) is 0 Å². The summed E-state index contributed by atoms with van der Waals surface area (Å²) in [5.41, 5.74) is 3.60. The zero-order valence-electron chi connectivity index (χ0n) is 7.85. The molecule has 0 amide bonds. The number of benzene rings is 1. The lowest BCUT2D eigenvalue weighted by Gasteiger charge is -2.06. The van der Waals surface area contributed by atoms with Crippen LogP contribution in [0, 0.1) is 0 Å². The lowest BCUT2D eigenvalue weighted by Crippen LogP contribution is -2.01. The molecular weight excluding hydrogens is 198 g/mol. The molecule has 0 saturated carbocycles. The summed E-state index contributed by atoms with van der Waals surface area (Å²) in [7, 11) is 0. The number of halogens is 1. The quantitative estimate of drug-likeness (QED) is 0.827. The van der Waals surface area contributed by atoms with Crippen molar-refractivity contribution in [3.05, 3.63) is 40.9 Å². The van der Waals surface area contributed by atoms with Crippen LogP contribution in [0.2, 0.25) is 0 Å². The number of anilines is 1. The van der Waals surface area contributed by atoms with Crippen LogP contribution >= 0.6 is 11.6 Å². The fraction of sp³-hybridized carbons (Fsp3) is 0.273. The highest BCUT2D eigenvalue weighted by molar-refractivity contribution is 6.29. The molecule has 0 aliphatic carbocycles. The van der Waals surface area contributed by atoms with Gasteiger partial charge >= 0.3 is 0 Å². The van der Waals surface area contributed by atoms with E-state index in [1.54, 1.807) is 0 Å². The zero-order valence-corrected chi connectivity index (χ0v) is 8.60. The van der Waals surface area contributed by atoms with Gasteiger partial charge in [0.05, 0.1) is 19.8 Å². The maximum atomic E-state index is 5.66. The molecule has 0 aromatic heterocycles. The molecule has 1 aliphatic heterocycles. The third-order valence-electron chi connectivity index (χ3n) is 2.21. The largest absolute Gasteiger partial charge is 0.380 e. The highest BCUT2D eigenvalue weighted by Gasteiger charge is 2.10. The molecule has 1 aromatic rings. The summed E-state index contributed by atoms with van der Waals surface area (Å²) < 4.78 is 5.32. The number of hydrogen-bond acceptors (Lipinski definition) is 2. The third-order valence-corrected chi connectivity index (χ3v) is 2.34. The van der Waals surface area contributed by atoms with Crippen molar-refractivity contribution in [1.82, 2.24) is 0 Å². The highest BCUT2D eigenvalue weighted by Crippen LogP contribution is 2.23. The van der Waals surface area contributed by atoms with E-state index in [0.717, 1.165) is 12.3 Å². The van der Waals surface area contributed by atoms with Gasteiger partial charge in [0.25, 0.3) is 0 Å². The number of rotatable bonds is 3. The molecule has 0 bridgehead atoms. The van der Waals surface area contributed by atoms with Crippen LogP contribution in [0.3, 0.4) is 0 Å². The van der Waals surface area contributed by atoms with Crippen molar-refractivity contribution < 1.29 is 4.74 Å². The summed E-state index contributed by atoms with van der Waals surface area (Å²) in [6.45, 7) is 5.67. The molecule has 0 saturated heterocycles. The Labute approximate surface area is 88.5 Å². The van der Waals surface area contributed by atoms with E-state index in [-0.39, 0.29) is 0 Å². The first-order chi connectivity index (χ1) is 6.75. The van der Waals surface area contributed by atoms with E-state index in [4.69, 9.17) is 16.3 Å². The molecule has 0 unspecified atom stereocenters. The molecular formula is C11H12ClNO. The monoisotopic (exact) mass is 209 g/mol. The van der Waals surface area contributed by atoms with Crippen LogP contribution in [-0.4, -0.2) is 6.54 Å². The summed E-state index contributed by atoms with van der Waals surface area (Å²) in [6.07, 6.45) is 0. The minimum Gasteiger partial charge on any atom is -0.380 e. The van der Waals surface area contributed by atoms with Gasteiger partial charge in [-0.15, -0.1) is 0 Å². The second kappa shape index (κ2) is 4.03. The van der Waals surface area contributed by atoms with E-state index in [1.165, 1.54) is 11.1 Å². The Morgan fingerprint density at radius 3 is 3.00 bits per heavy atom. The Morgan fingerprint density at radius 1 is 1.43 bits per heavy atom. The molecule has 2 rings (SSSR count). The number of hydrogen-bond donors (Lipinski definition) is 1. The fourth-order valence-electron chi connectivity index (χ4n) is 1.48. The van der Waals surface area contributed by atoms with Crippen LogP contribution in [0.15, 0.2) is 29.8 Å². The van der Waals surface area contributed by atoms with Gasteiger partial charge in [0.2, 0.25) is 0 Å². The van der Waals surface area contributed by atoms with Gasteiger partial charge in [0.1, 0.15) is 0 Å². The second-order valence-corrected chi connectivity index (χ2v) is 3.88. The topological polar surface area (TPSA) is 21.3 Å². The van der Waals surface area contributed by atoms with E-state index < -0.39 is 0 Å². The lowest BCUT2D eigenvalue weighted by molar-refractivity contribution is 0.134. The van der Waals surface area contributed by atoms with E-state index in [9.17, 15) is 0 Å². The molecule has 1 N–H and O–H groups in total. The fourth-order valence-corrected chi connectivity index (χ4v) is 1.55. The SMILES string of the molecule is C=C(Cl)CNc1ccc2c(c1)COC2. The molecule has 14 heavy (non-hydrogen) atoms. The van der Waals surface area contributed by atoms with Gasteiger partial charge in [-0.25, -0.2) is 0 Å². The van der Waals surface area contributed by atoms with Gasteiger partial charge in [-0.1, -0.05) is 24.2 Å². The van der Waals surface area contributed by atoms with Gasteiger partial charge in [0, 0.05) is 10.7 Å². The lowest BCUT2D eigenvalue weighted by atomic mass is 10.1. The van der Waals surface area contributed by atoms with Crippen LogP contribution < -0.4 is 5.32 Å². The predicted molar refractivity (Wildman–Crippen MR) is 58.4 cm³/mol. The summed E-state index contributed by atoms with van der Waals surface area (Å²) >= 11 is 5.66. The minimum atomic E-state index is 0.598. The van der Waals surface area contributed by atoms with Gasteiger partial charge < -0.3 is 10.1 Å². The first kappa shape index (κ1) is 9.56. The summed E-state index contributed by atoms with van der Waals surface area (Å²) in [6, 6.07) is 6.22. The highest BCUT2D eigenvalue weighted by atomic mass is 35.5. The molecule has 0 radical (unpaired) electrons. The number of ether oxygens (including phenoxy) is 1. The summed E-state index contributed by atoms with van der Waals surface area (Å²) in [4.78, 5) is 0. The van der Waals surface area contributed by atoms with Crippen LogP contribution in [-0.2, 0) is 18.0 Å². The van der Waals surface area contributed by atoms with Gasteiger partial charge in [-0.2, -0.15) is 0 Å². The van der Waals surface area contributed by atoms with Crippen molar-refractivity contribution in [3.63, 3.8) is 0 Å². The zero-order chi connectivity index (χ0) is 9.97. The smallest absolute Gasteiger partial charge is 0.0725 e. The first-order valence-corrected chi connectivity index (χ1v) is 4.90. The summed E-state index contributed by atoms with van der Waals surface area (Å²) in [5.74, 6) is 0. The van der Waals surface area contributed by atoms with Crippen LogP contribution in [0.1, 0.15) is 11.1 Å². The maximum Gasteiger partial charge on any atom is 0.0725 e. The molecule has 0 atom stereocenters. The Kier molecular flexibility index (Phi) is 2.75. The normalized spacial score (nSPS) is 13.8. The van der Waals surface area contributed by atoms with Crippen LogP contribution in [0.25, 0.3) is 0 Å². The maximum absolute atomic E-state index is 5.66. The van der Waals surface area contributed by atoms with Crippen LogP contribution in [0.5, 0.6) is 0 Å². The van der Waals surface area contributed by atoms with E-state index in [2.05, 4.69) is 24.0 Å². The average molecular weight is 210 g/mol. The van der Waals surface area contributed by atoms with Gasteiger partial charge in [-0.3, -0.25) is 0 Å². The molecule has 3 heteroatoms. The Morgan fingerprint density at radius 2 is 2.21 bits per heavy atom. The Hall–Kier alpha value is -0.990. The first-order valence-electron chi connectivity index (χ1n) is 4.52. The van der Waals surface area contributed by atoms with Crippen molar-refractivity contribution in [2.24, 2.45) is 0 Å². The predicted octanol–water partition coefficient (Wildman–Crippen LogP) is 2.88. The van der Waals surface area contributed by atoms with Gasteiger partial charge in [0.15, 0.2) is 0 Å². The molecule has 1 aliphatic rings. The van der Waals surface area contributed by atoms with Crippen molar-refractivity contribution in [2.45, 2.75) is 13.2 Å². The Bertz CT molecular complexity index is 362. The number of nitrogens with one attached hydrogen (secondary N) is 1. The third kappa shape index (κ3) is 2.08. The van der Waals surface area contributed by atoms with E-state index in [0.29, 0.717) is 18.2 Å². The van der Waals surface area contributed by atoms with Crippen molar-refractivity contribution >= 4 is 17.3 Å². The van der Waals surface area contributed by atoms with Crippen molar-refractivity contribution in [1.29, 1.82) is 0 Å². The molecule has 74 valence electrons. The minimum absolute atomic E-state index is 0.598. The average Bonchev–Trinajstić information content (AvgIpc) is 2.61. The molecule has 0 spiro atoms. The molecule has 2 nitrogen and oxygen atoms in total. The van der Waals surface area contributed by atoms with E-state index >= 15 is 0 Å². The Balaban J connectivity index is 2.09. The van der Waals surface area contributed by atoms with Crippen LogP contribution in [0.4, 0.5) is 5.69 Å². The molecule has 1 heterocycles. The molecule has 1 aromatic carbocycles. The summed E-state index contributed by atoms with van der Waals surface area (Å²) in [5, 5.41) is 3.80. The number of fused-ring (bicyclic) bond motifs is 1. The van der Waals surface area contributed by atoms with Gasteiger partial charge in [-0.05, 0) is 23.3 Å². The standard InChI is InChI=1S/C11H12ClNO/c1-8(12)5-13-11-3-2-9-6-14-7-10(9)4-11/h2-4,13H,1,5-7H2.